The van der Waals surface area contributed by atoms with E-state index in [0.29, 0.717) is 5.56 Å². The molecule has 3 rings (SSSR count). The first-order chi connectivity index (χ1) is 12.4. The molecule has 2 atom stereocenters. The van der Waals surface area contributed by atoms with Gasteiger partial charge in [-0.2, -0.15) is 0 Å². The summed E-state index contributed by atoms with van der Waals surface area (Å²) in [4.78, 5) is 37.2. The lowest BCUT2D eigenvalue weighted by molar-refractivity contribution is -0.128. The smallest absolute Gasteiger partial charge is 0.339 e. The van der Waals surface area contributed by atoms with Crippen LogP contribution in [0.5, 0.6) is 0 Å². The number of carbonyl (C=O) groups is 3. The van der Waals surface area contributed by atoms with Crippen molar-refractivity contribution >= 4 is 17.8 Å². The van der Waals surface area contributed by atoms with E-state index in [1.807, 2.05) is 0 Å². The molecule has 0 radical (unpaired) electrons. The average Bonchev–Trinajstić information content (AvgIpc) is 3.19. The normalized spacial score (nSPS) is 19.6. The highest BCUT2D eigenvalue weighted by Crippen LogP contribution is 2.37. The van der Waals surface area contributed by atoms with E-state index in [2.05, 4.69) is 5.32 Å². The summed E-state index contributed by atoms with van der Waals surface area (Å²) in [7, 11) is 1.60. The second-order valence-electron chi connectivity index (χ2n) is 6.09. The molecule has 2 aromatic rings. The zero-order chi connectivity index (χ0) is 18.8. The number of nitrogens with zero attached hydrogens (tertiary/aromatic N) is 1. The Morgan fingerprint density at radius 3 is 2.65 bits per heavy atom. The molecule has 136 valence electrons. The molecule has 8 heteroatoms. The van der Waals surface area contributed by atoms with Gasteiger partial charge >= 0.3 is 5.97 Å². The van der Waals surface area contributed by atoms with Gasteiger partial charge < -0.3 is 19.7 Å². The topological polar surface area (TPSA) is 99.9 Å². The molecule has 2 N–H and O–H groups in total. The Hall–Kier alpha value is -3.16. The summed E-state index contributed by atoms with van der Waals surface area (Å²) in [5.74, 6) is -2.68. The van der Waals surface area contributed by atoms with Gasteiger partial charge in [0.05, 0.1) is 24.8 Å². The Labute approximate surface area is 148 Å². The number of amides is 2. The molecule has 1 aromatic carbocycles. The third kappa shape index (κ3) is 3.30. The number of carbonyl (C=O) groups excluding carboxylic acids is 2. The number of aromatic carboxylic acids is 1. The number of furan rings is 1. The number of benzene rings is 1. The zero-order valence-electron chi connectivity index (χ0n) is 13.9. The predicted octanol–water partition coefficient (Wildman–Crippen LogP) is 1.95. The van der Waals surface area contributed by atoms with E-state index in [1.165, 1.54) is 29.4 Å². The molecular formula is C18H17FN2O5. The largest absolute Gasteiger partial charge is 0.478 e. The third-order valence-corrected chi connectivity index (χ3v) is 4.53. The van der Waals surface area contributed by atoms with Gasteiger partial charge in [-0.05, 0) is 23.8 Å². The van der Waals surface area contributed by atoms with Gasteiger partial charge in [0, 0.05) is 13.5 Å². The quantitative estimate of drug-likeness (QED) is 0.849. The van der Waals surface area contributed by atoms with Crippen LogP contribution in [-0.2, 0) is 16.1 Å². The minimum Gasteiger partial charge on any atom is -0.478 e. The van der Waals surface area contributed by atoms with Crippen molar-refractivity contribution in [2.75, 3.05) is 7.05 Å². The third-order valence-electron chi connectivity index (χ3n) is 4.53. The van der Waals surface area contributed by atoms with Crippen LogP contribution in [0.3, 0.4) is 0 Å². The van der Waals surface area contributed by atoms with E-state index >= 15 is 0 Å². The maximum absolute atomic E-state index is 13.2. The molecule has 1 aromatic heterocycles. The monoisotopic (exact) mass is 360 g/mol. The Balaban J connectivity index is 1.76. The number of carboxylic acids is 1. The summed E-state index contributed by atoms with van der Waals surface area (Å²) in [6, 6.07) is 6.44. The maximum Gasteiger partial charge on any atom is 0.339 e. The molecular weight excluding hydrogens is 343 g/mol. The summed E-state index contributed by atoms with van der Waals surface area (Å²) >= 11 is 0. The van der Waals surface area contributed by atoms with Crippen LogP contribution in [-0.4, -0.2) is 34.8 Å². The lowest BCUT2D eigenvalue weighted by atomic mass is 9.93. The number of rotatable bonds is 5. The first-order valence-corrected chi connectivity index (χ1v) is 7.97. The molecule has 7 nitrogen and oxygen atoms in total. The highest BCUT2D eigenvalue weighted by molar-refractivity contribution is 5.91. The van der Waals surface area contributed by atoms with Crippen molar-refractivity contribution in [3.05, 3.63) is 59.3 Å². The molecule has 0 aliphatic carbocycles. The minimum atomic E-state index is -1.15. The molecule has 0 bridgehead atoms. The number of hydrogen-bond donors (Lipinski definition) is 2. The molecule has 1 fully saturated rings. The molecule has 1 aliphatic heterocycles. The van der Waals surface area contributed by atoms with Gasteiger partial charge in [0.25, 0.3) is 0 Å². The van der Waals surface area contributed by atoms with Crippen LogP contribution in [0.1, 0.15) is 34.1 Å². The first kappa shape index (κ1) is 17.7. The van der Waals surface area contributed by atoms with Crippen molar-refractivity contribution in [3.63, 3.8) is 0 Å². The van der Waals surface area contributed by atoms with E-state index in [9.17, 15) is 18.8 Å². The Bertz CT molecular complexity index is 846. The second-order valence-corrected chi connectivity index (χ2v) is 6.09. The standard InChI is InChI=1S/C18H17FN2O5/c1-21-15(22)8-13(16(21)10-2-4-11(19)5-3-10)17(23)20-9-14-12(18(24)25)6-7-26-14/h2-7,13,16H,8-9H2,1H3,(H,20,23)(H,24,25)/t13-,16+/m0/s1. The average molecular weight is 360 g/mol. The van der Waals surface area contributed by atoms with Gasteiger partial charge in [0.2, 0.25) is 11.8 Å². The van der Waals surface area contributed by atoms with E-state index in [4.69, 9.17) is 9.52 Å². The fourth-order valence-corrected chi connectivity index (χ4v) is 3.19. The van der Waals surface area contributed by atoms with Gasteiger partial charge in [-0.15, -0.1) is 0 Å². The molecule has 1 saturated heterocycles. The summed E-state index contributed by atoms with van der Waals surface area (Å²) in [5, 5.41) is 11.7. The number of likely N-dealkylation sites (tertiary alicyclic amines) is 1. The fraction of sp³-hybridized carbons (Fsp3) is 0.278. The lowest BCUT2D eigenvalue weighted by Crippen LogP contribution is -2.34. The Morgan fingerprint density at radius 2 is 2.00 bits per heavy atom. The lowest BCUT2D eigenvalue weighted by Gasteiger charge is -2.24. The first-order valence-electron chi connectivity index (χ1n) is 7.97. The minimum absolute atomic E-state index is 0.0221. The van der Waals surface area contributed by atoms with E-state index in [1.54, 1.807) is 19.2 Å². The molecule has 26 heavy (non-hydrogen) atoms. The van der Waals surface area contributed by atoms with E-state index < -0.39 is 29.7 Å². The van der Waals surface area contributed by atoms with Crippen LogP contribution in [0.15, 0.2) is 41.0 Å². The van der Waals surface area contributed by atoms with Crippen LogP contribution in [0.2, 0.25) is 0 Å². The fourth-order valence-electron chi connectivity index (χ4n) is 3.19. The van der Waals surface area contributed by atoms with Crippen LogP contribution in [0.25, 0.3) is 0 Å². The highest BCUT2D eigenvalue weighted by atomic mass is 19.1. The van der Waals surface area contributed by atoms with Gasteiger partial charge in [-0.25, -0.2) is 9.18 Å². The van der Waals surface area contributed by atoms with Crippen molar-refractivity contribution in [1.82, 2.24) is 10.2 Å². The molecule has 2 amide bonds. The highest BCUT2D eigenvalue weighted by Gasteiger charge is 2.42. The van der Waals surface area contributed by atoms with Crippen LogP contribution in [0.4, 0.5) is 4.39 Å². The SMILES string of the molecule is CN1C(=O)C[C@H](C(=O)NCc2occc2C(=O)O)[C@H]1c1ccc(F)cc1. The molecule has 0 spiro atoms. The number of nitrogens with one attached hydrogen (secondary N) is 1. The molecule has 0 saturated carbocycles. The van der Waals surface area contributed by atoms with Crippen molar-refractivity contribution in [3.8, 4) is 0 Å². The van der Waals surface area contributed by atoms with Crippen LogP contribution >= 0.6 is 0 Å². The zero-order valence-corrected chi connectivity index (χ0v) is 13.9. The molecule has 0 unspecified atom stereocenters. The summed E-state index contributed by atoms with van der Waals surface area (Å²) in [6.45, 7) is -0.0992. The van der Waals surface area contributed by atoms with Gasteiger partial charge in [-0.1, -0.05) is 12.1 Å². The summed E-state index contributed by atoms with van der Waals surface area (Å²) in [5.41, 5.74) is 0.629. The number of halogens is 1. The summed E-state index contributed by atoms with van der Waals surface area (Å²) in [6.07, 6.45) is 1.26. The van der Waals surface area contributed by atoms with Crippen molar-refractivity contribution in [2.45, 2.75) is 19.0 Å². The Morgan fingerprint density at radius 1 is 1.31 bits per heavy atom. The van der Waals surface area contributed by atoms with Gasteiger partial charge in [-0.3, -0.25) is 9.59 Å². The van der Waals surface area contributed by atoms with Gasteiger partial charge in [0.1, 0.15) is 17.1 Å². The maximum atomic E-state index is 13.2. The van der Waals surface area contributed by atoms with Gasteiger partial charge in [0.15, 0.2) is 0 Å². The number of carboxylic acid groups (broad SMARTS) is 1. The van der Waals surface area contributed by atoms with Crippen molar-refractivity contribution < 1.29 is 28.3 Å². The summed E-state index contributed by atoms with van der Waals surface area (Å²) < 4.78 is 18.3. The molecule has 2 heterocycles. The van der Waals surface area contributed by atoms with Crippen molar-refractivity contribution in [1.29, 1.82) is 0 Å². The Kier molecular flexibility index (Phi) is 4.75. The number of hydrogen-bond acceptors (Lipinski definition) is 4. The van der Waals surface area contributed by atoms with Crippen molar-refractivity contribution in [2.24, 2.45) is 5.92 Å². The molecule has 1 aliphatic rings. The van der Waals surface area contributed by atoms with Crippen LogP contribution < -0.4 is 5.32 Å². The van der Waals surface area contributed by atoms with Crippen LogP contribution in [0, 0.1) is 11.7 Å². The van der Waals surface area contributed by atoms with E-state index in [0.717, 1.165) is 0 Å². The predicted molar refractivity (Wildman–Crippen MR) is 87.5 cm³/mol. The second kappa shape index (κ2) is 6.99. The van der Waals surface area contributed by atoms with E-state index in [-0.39, 0.29) is 30.2 Å².